The number of methoxy groups -OCH3 is 1. The lowest BCUT2D eigenvalue weighted by molar-refractivity contribution is -0.144. The van der Waals surface area contributed by atoms with Gasteiger partial charge in [-0.2, -0.15) is 0 Å². The van der Waals surface area contributed by atoms with E-state index in [0.29, 0.717) is 25.8 Å². The van der Waals surface area contributed by atoms with Gasteiger partial charge in [-0.1, -0.05) is 18.2 Å². The molecule has 5 heteroatoms. The monoisotopic (exact) mass is 330 g/mol. The van der Waals surface area contributed by atoms with Crippen LogP contribution in [-0.4, -0.2) is 43.5 Å². The van der Waals surface area contributed by atoms with Crippen molar-refractivity contribution in [2.24, 2.45) is 5.41 Å². The molecule has 0 radical (unpaired) electrons. The molecule has 1 N–H and O–H groups in total. The first-order valence-electron chi connectivity index (χ1n) is 8.87. The van der Waals surface area contributed by atoms with Gasteiger partial charge in [0.1, 0.15) is 11.2 Å². The van der Waals surface area contributed by atoms with Gasteiger partial charge >= 0.3 is 0 Å². The van der Waals surface area contributed by atoms with Crippen molar-refractivity contribution in [1.29, 1.82) is 0 Å². The average molecular weight is 330 g/mol. The summed E-state index contributed by atoms with van der Waals surface area (Å²) in [4.78, 5) is 27.2. The minimum Gasteiger partial charge on any atom is -0.496 e. The maximum atomic E-state index is 12.7. The minimum absolute atomic E-state index is 0.0389. The normalized spacial score (nSPS) is 18.8. The summed E-state index contributed by atoms with van der Waals surface area (Å²) in [6.07, 6.45) is 5.35. The fourth-order valence-corrected chi connectivity index (χ4v) is 3.45. The molecule has 0 spiro atoms. The molecule has 1 aromatic rings. The van der Waals surface area contributed by atoms with Gasteiger partial charge < -0.3 is 15.0 Å². The van der Waals surface area contributed by atoms with E-state index in [1.54, 1.807) is 7.11 Å². The number of carbonyl (C=O) groups is 2. The predicted octanol–water partition coefficient (Wildman–Crippen LogP) is 2.15. The summed E-state index contributed by atoms with van der Waals surface area (Å²) >= 11 is 0. The van der Waals surface area contributed by atoms with Crippen LogP contribution in [0.5, 0.6) is 5.75 Å². The van der Waals surface area contributed by atoms with E-state index in [-0.39, 0.29) is 11.8 Å². The number of carbonyl (C=O) groups excluding carboxylic acids is 2. The van der Waals surface area contributed by atoms with Crippen LogP contribution >= 0.6 is 0 Å². The summed E-state index contributed by atoms with van der Waals surface area (Å²) in [7, 11) is 1.65. The molecule has 24 heavy (non-hydrogen) atoms. The van der Waals surface area contributed by atoms with E-state index in [1.807, 2.05) is 29.2 Å². The van der Waals surface area contributed by atoms with Crippen LogP contribution in [0.1, 0.15) is 37.7 Å². The molecular weight excluding hydrogens is 304 g/mol. The number of hydrogen-bond acceptors (Lipinski definition) is 3. The number of para-hydroxylation sites is 1. The van der Waals surface area contributed by atoms with Crippen molar-refractivity contribution in [3.8, 4) is 5.75 Å². The Bertz CT molecular complexity index is 604. The van der Waals surface area contributed by atoms with Gasteiger partial charge in [-0.25, -0.2) is 0 Å². The van der Waals surface area contributed by atoms with Crippen LogP contribution in [0.25, 0.3) is 0 Å². The van der Waals surface area contributed by atoms with Gasteiger partial charge in [-0.3, -0.25) is 9.59 Å². The molecule has 0 unspecified atom stereocenters. The maximum Gasteiger partial charge on any atom is 0.238 e. The number of likely N-dealkylation sites (tertiary alicyclic amines) is 1. The second-order valence-corrected chi connectivity index (χ2v) is 6.75. The Balaban J connectivity index is 1.54. The third-order valence-corrected chi connectivity index (χ3v) is 5.11. The smallest absolute Gasteiger partial charge is 0.238 e. The average Bonchev–Trinajstić information content (AvgIpc) is 3.44. The van der Waals surface area contributed by atoms with Gasteiger partial charge in [0, 0.05) is 19.6 Å². The molecule has 3 rings (SSSR count). The van der Waals surface area contributed by atoms with Gasteiger partial charge in [-0.15, -0.1) is 0 Å². The van der Waals surface area contributed by atoms with Crippen LogP contribution in [0, 0.1) is 5.41 Å². The standard InChI is InChI=1S/C19H26N2O3/c1-24-16-8-4-3-7-15(16)9-12-20-17(22)19(10-11-19)18(23)21-13-5-2-6-14-21/h3-4,7-8H,2,5-6,9-14H2,1H3,(H,20,22). The molecule has 130 valence electrons. The van der Waals surface area contributed by atoms with Gasteiger partial charge in [0.2, 0.25) is 11.8 Å². The molecule has 1 aromatic carbocycles. The quantitative estimate of drug-likeness (QED) is 0.813. The zero-order valence-electron chi connectivity index (χ0n) is 14.3. The molecule has 5 nitrogen and oxygen atoms in total. The number of piperidine rings is 1. The summed E-state index contributed by atoms with van der Waals surface area (Å²) in [6.45, 7) is 2.12. The zero-order valence-corrected chi connectivity index (χ0v) is 14.3. The molecule has 0 atom stereocenters. The third kappa shape index (κ3) is 3.40. The van der Waals surface area contributed by atoms with Crippen LogP contribution in [0.3, 0.4) is 0 Å². The highest BCUT2D eigenvalue weighted by Crippen LogP contribution is 2.47. The lowest BCUT2D eigenvalue weighted by atomic mass is 10.0. The van der Waals surface area contributed by atoms with E-state index >= 15 is 0 Å². The second kappa shape index (κ2) is 7.24. The first kappa shape index (κ1) is 16.8. The van der Waals surface area contributed by atoms with Crippen LogP contribution in [0.15, 0.2) is 24.3 Å². The number of amides is 2. The Morgan fingerprint density at radius 1 is 1.17 bits per heavy atom. The Labute approximate surface area is 143 Å². The summed E-state index contributed by atoms with van der Waals surface area (Å²) in [5.41, 5.74) is 0.283. The first-order valence-corrected chi connectivity index (χ1v) is 8.87. The van der Waals surface area contributed by atoms with Crippen molar-refractivity contribution in [1.82, 2.24) is 10.2 Å². The molecule has 0 bridgehead atoms. The van der Waals surface area contributed by atoms with Crippen LogP contribution in [-0.2, 0) is 16.0 Å². The van der Waals surface area contributed by atoms with E-state index in [2.05, 4.69) is 5.32 Å². The Hall–Kier alpha value is -2.04. The molecule has 2 fully saturated rings. The van der Waals surface area contributed by atoms with Gasteiger partial charge in [0.15, 0.2) is 0 Å². The van der Waals surface area contributed by atoms with Gasteiger partial charge in [0.25, 0.3) is 0 Å². The van der Waals surface area contributed by atoms with E-state index < -0.39 is 5.41 Å². The highest BCUT2D eigenvalue weighted by atomic mass is 16.5. The van der Waals surface area contributed by atoms with E-state index in [9.17, 15) is 9.59 Å². The van der Waals surface area contributed by atoms with Crippen molar-refractivity contribution in [2.45, 2.75) is 38.5 Å². The predicted molar refractivity (Wildman–Crippen MR) is 91.8 cm³/mol. The maximum absolute atomic E-state index is 12.7. The molecule has 1 heterocycles. The highest BCUT2D eigenvalue weighted by Gasteiger charge is 2.57. The van der Waals surface area contributed by atoms with Crippen molar-refractivity contribution >= 4 is 11.8 Å². The highest BCUT2D eigenvalue weighted by molar-refractivity contribution is 6.07. The number of ether oxygens (including phenoxy) is 1. The summed E-state index contributed by atoms with van der Waals surface area (Å²) in [5, 5.41) is 2.96. The zero-order chi connectivity index (χ0) is 17.0. The fraction of sp³-hybridized carbons (Fsp3) is 0.579. The van der Waals surface area contributed by atoms with Crippen molar-refractivity contribution < 1.29 is 14.3 Å². The lowest BCUT2D eigenvalue weighted by Crippen LogP contribution is -2.47. The fourth-order valence-electron chi connectivity index (χ4n) is 3.45. The Morgan fingerprint density at radius 3 is 2.54 bits per heavy atom. The van der Waals surface area contributed by atoms with Gasteiger partial charge in [-0.05, 0) is 50.2 Å². The molecule has 1 saturated carbocycles. The Kier molecular flexibility index (Phi) is 5.07. The number of nitrogens with one attached hydrogen (secondary N) is 1. The first-order chi connectivity index (χ1) is 11.7. The SMILES string of the molecule is COc1ccccc1CCNC(=O)C1(C(=O)N2CCCCC2)CC1. The summed E-state index contributed by atoms with van der Waals surface area (Å²) in [6, 6.07) is 7.80. The van der Waals surface area contributed by atoms with Crippen molar-refractivity contribution in [3.05, 3.63) is 29.8 Å². The van der Waals surface area contributed by atoms with E-state index in [1.165, 1.54) is 6.42 Å². The largest absolute Gasteiger partial charge is 0.496 e. The van der Waals surface area contributed by atoms with Crippen LogP contribution in [0.4, 0.5) is 0 Å². The second-order valence-electron chi connectivity index (χ2n) is 6.75. The van der Waals surface area contributed by atoms with Crippen molar-refractivity contribution in [2.75, 3.05) is 26.7 Å². The third-order valence-electron chi connectivity index (χ3n) is 5.11. The number of hydrogen-bond donors (Lipinski definition) is 1. The Morgan fingerprint density at radius 2 is 1.88 bits per heavy atom. The molecule has 1 aliphatic heterocycles. The topological polar surface area (TPSA) is 58.6 Å². The lowest BCUT2D eigenvalue weighted by Gasteiger charge is -2.30. The number of rotatable bonds is 6. The van der Waals surface area contributed by atoms with E-state index in [4.69, 9.17) is 4.74 Å². The van der Waals surface area contributed by atoms with Crippen LogP contribution < -0.4 is 10.1 Å². The van der Waals surface area contributed by atoms with E-state index in [0.717, 1.165) is 37.2 Å². The summed E-state index contributed by atoms with van der Waals surface area (Å²) < 4.78 is 5.33. The molecular formula is C19H26N2O3. The molecule has 2 amide bonds. The minimum atomic E-state index is -0.780. The molecule has 2 aliphatic rings. The summed E-state index contributed by atoms with van der Waals surface area (Å²) in [5.74, 6) is 0.766. The number of nitrogens with zero attached hydrogens (tertiary/aromatic N) is 1. The molecule has 0 aromatic heterocycles. The van der Waals surface area contributed by atoms with Gasteiger partial charge in [0.05, 0.1) is 7.11 Å². The van der Waals surface area contributed by atoms with Crippen molar-refractivity contribution in [3.63, 3.8) is 0 Å². The van der Waals surface area contributed by atoms with Crippen LogP contribution in [0.2, 0.25) is 0 Å². The molecule has 1 aliphatic carbocycles. The molecule has 1 saturated heterocycles. The number of benzene rings is 1.